The third-order valence-electron chi connectivity index (χ3n) is 5.03. The number of anilines is 2. The van der Waals surface area contributed by atoms with Gasteiger partial charge in [-0.2, -0.15) is 0 Å². The van der Waals surface area contributed by atoms with Crippen molar-refractivity contribution in [3.8, 4) is 11.1 Å². The van der Waals surface area contributed by atoms with Crippen molar-refractivity contribution in [3.63, 3.8) is 0 Å². The molecule has 1 aliphatic carbocycles. The Morgan fingerprint density at radius 3 is 2.69 bits per heavy atom. The van der Waals surface area contributed by atoms with Crippen molar-refractivity contribution >= 4 is 33.9 Å². The van der Waals surface area contributed by atoms with Crippen LogP contribution < -0.4 is 16.4 Å². The van der Waals surface area contributed by atoms with Gasteiger partial charge in [-0.1, -0.05) is 6.58 Å². The number of hydrogen-bond acceptors (Lipinski definition) is 6. The molecule has 148 valence electrons. The van der Waals surface area contributed by atoms with Crippen LogP contribution in [0.1, 0.15) is 17.9 Å². The molecule has 3 aromatic rings. The molecule has 0 saturated heterocycles. The quantitative estimate of drug-likeness (QED) is 0.576. The topological polar surface area (TPSA) is 106 Å². The maximum absolute atomic E-state index is 13.1. The molecular formula is C21H21FN6O. The first-order valence-corrected chi connectivity index (χ1v) is 9.22. The van der Waals surface area contributed by atoms with Gasteiger partial charge in [-0.15, -0.1) is 0 Å². The van der Waals surface area contributed by atoms with E-state index in [2.05, 4.69) is 32.2 Å². The predicted molar refractivity (Wildman–Crippen MR) is 112 cm³/mol. The van der Waals surface area contributed by atoms with Crippen molar-refractivity contribution in [1.82, 2.24) is 20.3 Å². The lowest BCUT2D eigenvalue weighted by Gasteiger charge is -2.12. The van der Waals surface area contributed by atoms with Crippen LogP contribution in [0.25, 0.3) is 27.6 Å². The summed E-state index contributed by atoms with van der Waals surface area (Å²) in [5, 5.41) is 7.17. The average molecular weight is 392 g/mol. The minimum absolute atomic E-state index is 0.270. The summed E-state index contributed by atoms with van der Waals surface area (Å²) in [4.78, 5) is 25.1. The van der Waals surface area contributed by atoms with Crippen molar-refractivity contribution in [2.45, 2.75) is 19.5 Å². The number of alkyl halides is 1. The number of carbonyl (C=O) groups excluding carboxylic acids is 1. The second-order valence-corrected chi connectivity index (χ2v) is 7.12. The molecule has 1 saturated carbocycles. The number of hydrogen-bond donors (Lipinski definition) is 3. The van der Waals surface area contributed by atoms with Gasteiger partial charge in [0, 0.05) is 41.8 Å². The number of pyridine rings is 1. The van der Waals surface area contributed by atoms with E-state index in [-0.39, 0.29) is 12.3 Å². The molecule has 8 heteroatoms. The first-order valence-electron chi connectivity index (χ1n) is 9.22. The molecule has 1 aliphatic rings. The van der Waals surface area contributed by atoms with E-state index in [1.807, 2.05) is 19.1 Å². The van der Waals surface area contributed by atoms with Gasteiger partial charge in [0.25, 0.3) is 0 Å². The number of fused-ring (bicyclic) bond motifs is 1. The molecule has 4 rings (SSSR count). The fraction of sp³-hybridized carbons (Fsp3) is 0.238. The summed E-state index contributed by atoms with van der Waals surface area (Å²) < 4.78 is 13.1. The molecule has 29 heavy (non-hydrogen) atoms. The summed E-state index contributed by atoms with van der Waals surface area (Å²) in [6, 6.07) is 5.52. The highest BCUT2D eigenvalue weighted by Gasteiger charge is 2.43. The van der Waals surface area contributed by atoms with Crippen LogP contribution in [0.5, 0.6) is 0 Å². The highest BCUT2D eigenvalue weighted by molar-refractivity contribution is 6.00. The van der Waals surface area contributed by atoms with Crippen LogP contribution >= 0.6 is 0 Å². The number of benzene rings is 1. The van der Waals surface area contributed by atoms with E-state index >= 15 is 0 Å². The van der Waals surface area contributed by atoms with Crippen molar-refractivity contribution < 1.29 is 9.18 Å². The summed E-state index contributed by atoms with van der Waals surface area (Å²) >= 11 is 0. The van der Waals surface area contributed by atoms with Crippen LogP contribution in [-0.2, 0) is 4.79 Å². The molecule has 4 N–H and O–H groups in total. The normalized spacial score (nSPS) is 17.8. The molecule has 0 spiro atoms. The highest BCUT2D eigenvalue weighted by atomic mass is 19.1. The molecule has 0 unspecified atom stereocenters. The summed E-state index contributed by atoms with van der Waals surface area (Å²) in [7, 11) is 1.76. The van der Waals surface area contributed by atoms with Gasteiger partial charge in [0.05, 0.1) is 11.6 Å². The Kier molecular flexibility index (Phi) is 4.62. The molecule has 0 radical (unpaired) electrons. The minimum Gasteiger partial charge on any atom is -0.398 e. The van der Waals surface area contributed by atoms with Crippen LogP contribution in [0.2, 0.25) is 0 Å². The lowest BCUT2D eigenvalue weighted by molar-refractivity contribution is -0.117. The SMILES string of the molecule is C=C(NC)c1ncc(-c2cc(N)c3cnc(NC(=O)[C@@H]4C[C@@H]4F)cc3c2)c(C)n1. The first-order chi connectivity index (χ1) is 13.9. The monoisotopic (exact) mass is 392 g/mol. The molecule has 2 atom stereocenters. The summed E-state index contributed by atoms with van der Waals surface area (Å²) in [6.07, 6.45) is 2.56. The van der Waals surface area contributed by atoms with E-state index in [1.54, 1.807) is 25.5 Å². The van der Waals surface area contributed by atoms with Crippen LogP contribution in [0.4, 0.5) is 15.9 Å². The second kappa shape index (κ2) is 7.12. The van der Waals surface area contributed by atoms with Gasteiger partial charge in [-0.3, -0.25) is 4.79 Å². The average Bonchev–Trinajstić information content (AvgIpc) is 3.43. The predicted octanol–water partition coefficient (Wildman–Crippen LogP) is 3.07. The number of nitrogen functional groups attached to an aromatic ring is 1. The number of nitrogens with two attached hydrogens (primary N) is 1. The van der Waals surface area contributed by atoms with E-state index in [4.69, 9.17) is 5.73 Å². The van der Waals surface area contributed by atoms with Crippen molar-refractivity contribution in [2.75, 3.05) is 18.1 Å². The van der Waals surface area contributed by atoms with Gasteiger partial charge in [0.1, 0.15) is 12.0 Å². The van der Waals surface area contributed by atoms with Crippen molar-refractivity contribution in [2.24, 2.45) is 5.92 Å². The summed E-state index contributed by atoms with van der Waals surface area (Å²) in [5.74, 6) is -0.0256. The third-order valence-corrected chi connectivity index (χ3v) is 5.03. The third kappa shape index (κ3) is 3.61. The van der Waals surface area contributed by atoms with Crippen molar-refractivity contribution in [1.29, 1.82) is 0 Å². The Morgan fingerprint density at radius 2 is 2.03 bits per heavy atom. The lowest BCUT2D eigenvalue weighted by Crippen LogP contribution is -2.15. The van der Waals surface area contributed by atoms with Gasteiger partial charge in [0.15, 0.2) is 5.82 Å². The number of rotatable bonds is 5. The van der Waals surface area contributed by atoms with Crippen LogP contribution in [0.15, 0.2) is 37.2 Å². The molecule has 1 aromatic carbocycles. The molecule has 1 amide bonds. The Bertz CT molecular complexity index is 1150. The lowest BCUT2D eigenvalue weighted by atomic mass is 10.0. The van der Waals surface area contributed by atoms with E-state index in [0.717, 1.165) is 27.6 Å². The minimum atomic E-state index is -1.05. The molecule has 1 fully saturated rings. The smallest absolute Gasteiger partial charge is 0.231 e. The van der Waals surface area contributed by atoms with E-state index in [1.165, 1.54) is 0 Å². The molecule has 0 aliphatic heterocycles. The van der Waals surface area contributed by atoms with Gasteiger partial charge in [-0.25, -0.2) is 19.3 Å². The first kappa shape index (κ1) is 18.8. The summed E-state index contributed by atoms with van der Waals surface area (Å²) in [6.45, 7) is 5.77. The van der Waals surface area contributed by atoms with Crippen LogP contribution in [-0.4, -0.2) is 34.1 Å². The fourth-order valence-electron chi connectivity index (χ4n) is 3.17. The zero-order valence-corrected chi connectivity index (χ0v) is 16.2. The maximum atomic E-state index is 13.1. The van der Waals surface area contributed by atoms with Gasteiger partial charge in [-0.05, 0) is 42.5 Å². The Morgan fingerprint density at radius 1 is 1.28 bits per heavy atom. The maximum Gasteiger partial charge on any atom is 0.231 e. The largest absolute Gasteiger partial charge is 0.398 e. The second-order valence-electron chi connectivity index (χ2n) is 7.12. The fourth-order valence-corrected chi connectivity index (χ4v) is 3.17. The number of amides is 1. The Hall–Kier alpha value is -3.55. The molecule has 0 bridgehead atoms. The number of aromatic nitrogens is 3. The van der Waals surface area contributed by atoms with Gasteiger partial charge in [0.2, 0.25) is 5.91 Å². The molecule has 2 heterocycles. The zero-order valence-electron chi connectivity index (χ0n) is 16.2. The van der Waals surface area contributed by atoms with E-state index in [9.17, 15) is 9.18 Å². The summed E-state index contributed by atoms with van der Waals surface area (Å²) in [5.41, 5.74) is 9.90. The zero-order chi connectivity index (χ0) is 20.7. The number of nitrogens with one attached hydrogen (secondary N) is 2. The van der Waals surface area contributed by atoms with Crippen molar-refractivity contribution in [3.05, 3.63) is 48.7 Å². The number of halogens is 1. The Balaban J connectivity index is 1.70. The van der Waals surface area contributed by atoms with Crippen LogP contribution in [0.3, 0.4) is 0 Å². The number of nitrogens with zero attached hydrogens (tertiary/aromatic N) is 3. The van der Waals surface area contributed by atoms with Gasteiger partial charge < -0.3 is 16.4 Å². The Labute approximate surface area is 167 Å². The standard InChI is InChI=1S/C21H21FN6O/c1-10-15(8-26-20(27-10)11(2)24-3)12-4-13-6-19(25-9-16(13)18(23)5-12)28-21(29)14-7-17(14)22/h4-6,8-9,14,17,24H,2,7,23H2,1,3H3,(H,25,28,29)/t14-,17+/m1/s1. The number of carbonyl (C=O) groups is 1. The van der Waals surface area contributed by atoms with Gasteiger partial charge >= 0.3 is 0 Å². The van der Waals surface area contributed by atoms with E-state index < -0.39 is 12.1 Å². The highest BCUT2D eigenvalue weighted by Crippen LogP contribution is 2.35. The van der Waals surface area contributed by atoms with Crippen LogP contribution in [0, 0.1) is 12.8 Å². The molecular weight excluding hydrogens is 371 g/mol. The number of aryl methyl sites for hydroxylation is 1. The molecule has 7 nitrogen and oxygen atoms in total. The molecule has 2 aromatic heterocycles. The van der Waals surface area contributed by atoms with E-state index in [0.29, 0.717) is 23.0 Å².